The minimum Gasteiger partial charge on any atom is -0.394 e. The Morgan fingerprint density at radius 1 is 1.59 bits per heavy atom. The van der Waals surface area contributed by atoms with Gasteiger partial charge in [0.2, 0.25) is 0 Å². The lowest BCUT2D eigenvalue weighted by molar-refractivity contribution is 0.0682. The molecule has 17 heavy (non-hydrogen) atoms. The summed E-state index contributed by atoms with van der Waals surface area (Å²) < 4.78 is 0. The molecule has 2 rings (SSSR count). The molecule has 2 N–H and O–H groups in total. The third-order valence-electron chi connectivity index (χ3n) is 3.31. The second kappa shape index (κ2) is 4.75. The van der Waals surface area contributed by atoms with Crippen LogP contribution in [0, 0.1) is 0 Å². The summed E-state index contributed by atoms with van der Waals surface area (Å²) in [7, 11) is 1.71. The molecule has 1 heterocycles. The van der Waals surface area contributed by atoms with E-state index in [1.165, 1.54) is 5.56 Å². The van der Waals surface area contributed by atoms with Crippen LogP contribution < -0.4 is 5.32 Å². The first-order valence-electron chi connectivity index (χ1n) is 5.88. The number of nitrogens with one attached hydrogen (secondary N) is 1. The predicted octanol–water partition coefficient (Wildman–Crippen LogP) is 1.11. The average molecular weight is 234 g/mol. The highest BCUT2D eigenvalue weighted by Gasteiger charge is 2.19. The molecular formula is C13H18N2O2. The van der Waals surface area contributed by atoms with Gasteiger partial charge in [0, 0.05) is 24.8 Å². The Bertz CT molecular complexity index is 431. The lowest BCUT2D eigenvalue weighted by atomic mass is 10.1. The fraction of sp³-hybridized carbons (Fsp3) is 0.462. The lowest BCUT2D eigenvalue weighted by Crippen LogP contribution is -2.37. The van der Waals surface area contributed by atoms with Crippen LogP contribution in [0.3, 0.4) is 0 Å². The topological polar surface area (TPSA) is 52.6 Å². The van der Waals surface area contributed by atoms with Crippen LogP contribution in [-0.2, 0) is 6.42 Å². The van der Waals surface area contributed by atoms with Crippen molar-refractivity contribution in [2.24, 2.45) is 0 Å². The molecule has 0 saturated carbocycles. The standard InChI is InChI=1S/C13H18N2O2/c1-9(8-16)15(2)13(17)11-4-3-10-5-6-14-12(10)7-11/h3-4,7,9,14,16H,5-6,8H2,1-2H3. The van der Waals surface area contributed by atoms with Crippen molar-refractivity contribution in [3.05, 3.63) is 29.3 Å². The minimum atomic E-state index is -0.163. The van der Waals surface area contributed by atoms with Crippen LogP contribution in [0.5, 0.6) is 0 Å². The summed E-state index contributed by atoms with van der Waals surface area (Å²) >= 11 is 0. The number of nitrogens with zero attached hydrogens (tertiary/aromatic N) is 1. The van der Waals surface area contributed by atoms with Gasteiger partial charge in [0.15, 0.2) is 0 Å². The molecule has 0 radical (unpaired) electrons. The monoisotopic (exact) mass is 234 g/mol. The zero-order valence-corrected chi connectivity index (χ0v) is 10.2. The number of carbonyl (C=O) groups excluding carboxylic acids is 1. The number of amides is 1. The third kappa shape index (κ3) is 2.26. The molecule has 4 nitrogen and oxygen atoms in total. The number of rotatable bonds is 3. The molecule has 0 saturated heterocycles. The fourth-order valence-electron chi connectivity index (χ4n) is 1.95. The van der Waals surface area contributed by atoms with Crippen LogP contribution in [0.25, 0.3) is 0 Å². The second-order valence-corrected chi connectivity index (χ2v) is 4.50. The SMILES string of the molecule is CC(CO)N(C)C(=O)c1ccc2c(c1)NCC2. The van der Waals surface area contributed by atoms with Crippen molar-refractivity contribution in [2.75, 3.05) is 25.5 Å². The van der Waals surface area contributed by atoms with Gasteiger partial charge in [-0.15, -0.1) is 0 Å². The average Bonchev–Trinajstić information content (AvgIpc) is 2.83. The van der Waals surface area contributed by atoms with Gasteiger partial charge < -0.3 is 15.3 Å². The molecule has 4 heteroatoms. The summed E-state index contributed by atoms with van der Waals surface area (Å²) in [5.74, 6) is -0.0527. The van der Waals surface area contributed by atoms with Gasteiger partial charge in [-0.2, -0.15) is 0 Å². The van der Waals surface area contributed by atoms with Crippen molar-refractivity contribution in [1.29, 1.82) is 0 Å². The molecule has 1 aliphatic heterocycles. The predicted molar refractivity (Wildman–Crippen MR) is 67.3 cm³/mol. The lowest BCUT2D eigenvalue weighted by Gasteiger charge is -2.23. The van der Waals surface area contributed by atoms with Crippen LogP contribution in [0.2, 0.25) is 0 Å². The highest BCUT2D eigenvalue weighted by molar-refractivity contribution is 5.95. The van der Waals surface area contributed by atoms with Crippen molar-refractivity contribution >= 4 is 11.6 Å². The Kier molecular flexibility index (Phi) is 3.33. The van der Waals surface area contributed by atoms with Gasteiger partial charge in [-0.25, -0.2) is 0 Å². The smallest absolute Gasteiger partial charge is 0.253 e. The number of aliphatic hydroxyl groups is 1. The van der Waals surface area contributed by atoms with Crippen molar-refractivity contribution in [3.63, 3.8) is 0 Å². The molecule has 1 atom stereocenters. The molecule has 1 aromatic rings. The van der Waals surface area contributed by atoms with E-state index >= 15 is 0 Å². The molecule has 1 aliphatic rings. The van der Waals surface area contributed by atoms with Gasteiger partial charge in [-0.05, 0) is 31.0 Å². The number of hydrogen-bond acceptors (Lipinski definition) is 3. The van der Waals surface area contributed by atoms with Gasteiger partial charge in [-0.3, -0.25) is 4.79 Å². The van der Waals surface area contributed by atoms with E-state index in [2.05, 4.69) is 5.32 Å². The van der Waals surface area contributed by atoms with E-state index in [1.807, 2.05) is 25.1 Å². The number of carbonyl (C=O) groups is 1. The Labute approximate surface area is 101 Å². The van der Waals surface area contributed by atoms with Crippen LogP contribution >= 0.6 is 0 Å². The molecule has 0 bridgehead atoms. The van der Waals surface area contributed by atoms with Crippen LogP contribution in [0.4, 0.5) is 5.69 Å². The van der Waals surface area contributed by atoms with Gasteiger partial charge in [0.25, 0.3) is 5.91 Å². The molecule has 0 aliphatic carbocycles. The summed E-state index contributed by atoms with van der Waals surface area (Å²) in [6.45, 7) is 2.74. The van der Waals surface area contributed by atoms with E-state index in [0.717, 1.165) is 18.7 Å². The third-order valence-corrected chi connectivity index (χ3v) is 3.31. The maximum atomic E-state index is 12.1. The molecular weight excluding hydrogens is 216 g/mol. The van der Waals surface area contributed by atoms with Gasteiger partial charge >= 0.3 is 0 Å². The van der Waals surface area contributed by atoms with Gasteiger partial charge in [0.1, 0.15) is 0 Å². The normalized spacial score (nSPS) is 15.0. The van der Waals surface area contributed by atoms with Gasteiger partial charge in [0.05, 0.1) is 12.6 Å². The number of aliphatic hydroxyl groups excluding tert-OH is 1. The van der Waals surface area contributed by atoms with E-state index in [4.69, 9.17) is 5.11 Å². The van der Waals surface area contributed by atoms with Crippen molar-refractivity contribution in [2.45, 2.75) is 19.4 Å². The number of fused-ring (bicyclic) bond motifs is 1. The summed E-state index contributed by atoms with van der Waals surface area (Å²) in [5.41, 5.74) is 2.99. The quantitative estimate of drug-likeness (QED) is 0.823. The van der Waals surface area contributed by atoms with E-state index < -0.39 is 0 Å². The number of hydrogen-bond donors (Lipinski definition) is 2. The fourth-order valence-corrected chi connectivity index (χ4v) is 1.95. The summed E-state index contributed by atoms with van der Waals surface area (Å²) in [4.78, 5) is 13.7. The molecule has 1 unspecified atom stereocenters. The van der Waals surface area contributed by atoms with Crippen LogP contribution in [0.1, 0.15) is 22.8 Å². The molecule has 92 valence electrons. The van der Waals surface area contributed by atoms with E-state index in [9.17, 15) is 4.79 Å². The van der Waals surface area contributed by atoms with Crippen molar-refractivity contribution in [1.82, 2.24) is 4.90 Å². The van der Waals surface area contributed by atoms with Crippen molar-refractivity contribution in [3.8, 4) is 0 Å². The Morgan fingerprint density at radius 3 is 3.06 bits per heavy atom. The summed E-state index contributed by atoms with van der Waals surface area (Å²) in [6, 6.07) is 5.59. The largest absolute Gasteiger partial charge is 0.394 e. The first kappa shape index (κ1) is 11.9. The minimum absolute atomic E-state index is 0.0224. The summed E-state index contributed by atoms with van der Waals surface area (Å²) in [5, 5.41) is 12.3. The maximum absolute atomic E-state index is 12.1. The maximum Gasteiger partial charge on any atom is 0.253 e. The highest BCUT2D eigenvalue weighted by Crippen LogP contribution is 2.23. The molecule has 0 spiro atoms. The van der Waals surface area contributed by atoms with E-state index in [0.29, 0.717) is 5.56 Å². The summed E-state index contributed by atoms with van der Waals surface area (Å²) in [6.07, 6.45) is 1.02. The van der Waals surface area contributed by atoms with Gasteiger partial charge in [-0.1, -0.05) is 6.07 Å². The highest BCUT2D eigenvalue weighted by atomic mass is 16.3. The number of anilines is 1. The van der Waals surface area contributed by atoms with Crippen LogP contribution in [0.15, 0.2) is 18.2 Å². The molecule has 0 fully saturated rings. The Morgan fingerprint density at radius 2 is 2.35 bits per heavy atom. The molecule has 1 amide bonds. The molecule has 1 aromatic carbocycles. The first-order chi connectivity index (χ1) is 8.13. The Balaban J connectivity index is 2.20. The molecule has 0 aromatic heterocycles. The Hall–Kier alpha value is -1.55. The van der Waals surface area contributed by atoms with Crippen molar-refractivity contribution < 1.29 is 9.90 Å². The number of benzene rings is 1. The first-order valence-corrected chi connectivity index (χ1v) is 5.88. The van der Waals surface area contributed by atoms with E-state index in [-0.39, 0.29) is 18.6 Å². The number of likely N-dealkylation sites (N-methyl/N-ethyl adjacent to an activating group) is 1. The zero-order chi connectivity index (χ0) is 12.4. The van der Waals surface area contributed by atoms with Crippen LogP contribution in [-0.4, -0.2) is 42.2 Å². The zero-order valence-electron chi connectivity index (χ0n) is 10.2. The second-order valence-electron chi connectivity index (χ2n) is 4.50. The van der Waals surface area contributed by atoms with E-state index in [1.54, 1.807) is 11.9 Å².